The molecule has 1 aliphatic heterocycles. The van der Waals surface area contributed by atoms with E-state index < -0.39 is 0 Å². The molecule has 0 saturated carbocycles. The Morgan fingerprint density at radius 1 is 0.900 bits per heavy atom. The molecular formula is C24H36N6. The van der Waals surface area contributed by atoms with Crippen LogP contribution >= 0.6 is 0 Å². The first-order valence-electron chi connectivity index (χ1n) is 10.3. The molecule has 0 aromatic carbocycles. The van der Waals surface area contributed by atoms with E-state index >= 15 is 0 Å². The van der Waals surface area contributed by atoms with E-state index in [2.05, 4.69) is 27.2 Å². The Balaban J connectivity index is 0.000000200. The van der Waals surface area contributed by atoms with Gasteiger partial charge in [-0.3, -0.25) is 4.98 Å². The third kappa shape index (κ3) is 12.5. The zero-order valence-corrected chi connectivity index (χ0v) is 18.7. The minimum Gasteiger partial charge on any atom is -0.384 e. The molecule has 0 bridgehead atoms. The minimum atomic E-state index is 0.579. The van der Waals surface area contributed by atoms with Crippen molar-refractivity contribution in [2.75, 3.05) is 24.6 Å². The number of hydrogen-bond donors (Lipinski definition) is 3. The second-order valence-corrected chi connectivity index (χ2v) is 7.45. The van der Waals surface area contributed by atoms with Crippen LogP contribution in [0.5, 0.6) is 0 Å². The smallest absolute Gasteiger partial charge is 0.126 e. The van der Waals surface area contributed by atoms with Gasteiger partial charge < -0.3 is 16.8 Å². The molecule has 0 radical (unpaired) electrons. The molecule has 0 spiro atoms. The van der Waals surface area contributed by atoms with Crippen LogP contribution < -0.4 is 16.8 Å². The van der Waals surface area contributed by atoms with Crippen molar-refractivity contribution in [2.24, 2.45) is 5.92 Å². The number of nitrogens with one attached hydrogen (secondary N) is 1. The summed E-state index contributed by atoms with van der Waals surface area (Å²) in [5, 5.41) is 3.33. The number of piperidine rings is 1. The standard InChI is InChI=1S/2C6H8N2.C6H13N.C6H7N/c1-5-2-3-6(7)8-4-5;1-5-3-2-4-8-6(5)7;2*1-6-3-2-4-7-5-6/h2*2-4H,1H3,(H2,7,8);6-7H,2-5H2,1H3;2-5H,1H3. The van der Waals surface area contributed by atoms with E-state index in [1.54, 1.807) is 24.7 Å². The normalized spacial score (nSPS) is 14.6. The quantitative estimate of drug-likeness (QED) is 0.511. The second kappa shape index (κ2) is 14.9. The van der Waals surface area contributed by atoms with E-state index in [0.29, 0.717) is 11.6 Å². The predicted octanol–water partition coefficient (Wildman–Crippen LogP) is 4.34. The lowest BCUT2D eigenvalue weighted by molar-refractivity contribution is 0.405. The minimum absolute atomic E-state index is 0.579. The van der Waals surface area contributed by atoms with Crippen LogP contribution in [0.4, 0.5) is 11.6 Å². The predicted molar refractivity (Wildman–Crippen MR) is 127 cm³/mol. The Hall–Kier alpha value is -2.99. The fraction of sp³-hybridized carbons (Fsp3) is 0.375. The van der Waals surface area contributed by atoms with Gasteiger partial charge in [-0.05, 0) is 87.5 Å². The fourth-order valence-electron chi connectivity index (χ4n) is 2.45. The van der Waals surface area contributed by atoms with Gasteiger partial charge >= 0.3 is 0 Å². The molecule has 1 unspecified atom stereocenters. The molecule has 30 heavy (non-hydrogen) atoms. The Labute approximate surface area is 181 Å². The summed E-state index contributed by atoms with van der Waals surface area (Å²) < 4.78 is 0. The largest absolute Gasteiger partial charge is 0.384 e. The average molecular weight is 409 g/mol. The number of nitrogens with two attached hydrogens (primary N) is 2. The summed E-state index contributed by atoms with van der Waals surface area (Å²) in [5.74, 6) is 2.12. The van der Waals surface area contributed by atoms with Gasteiger partial charge in [0.1, 0.15) is 11.6 Å². The zero-order valence-electron chi connectivity index (χ0n) is 18.7. The van der Waals surface area contributed by atoms with Crippen LogP contribution in [-0.2, 0) is 0 Å². The number of aryl methyl sites for hydroxylation is 3. The van der Waals surface area contributed by atoms with Crippen LogP contribution in [0.15, 0.2) is 61.2 Å². The highest BCUT2D eigenvalue weighted by Gasteiger charge is 2.04. The van der Waals surface area contributed by atoms with E-state index in [1.165, 1.54) is 31.5 Å². The van der Waals surface area contributed by atoms with Gasteiger partial charge in [0, 0.05) is 24.8 Å². The highest BCUT2D eigenvalue weighted by atomic mass is 14.9. The molecule has 6 heteroatoms. The maximum atomic E-state index is 5.41. The van der Waals surface area contributed by atoms with Gasteiger partial charge in [-0.15, -0.1) is 0 Å². The summed E-state index contributed by atoms with van der Waals surface area (Å²) in [4.78, 5) is 11.6. The third-order valence-electron chi connectivity index (χ3n) is 4.34. The van der Waals surface area contributed by atoms with Crippen LogP contribution in [0.2, 0.25) is 0 Å². The molecule has 1 saturated heterocycles. The van der Waals surface area contributed by atoms with Crippen LogP contribution in [0.25, 0.3) is 0 Å². The van der Waals surface area contributed by atoms with Crippen molar-refractivity contribution in [1.29, 1.82) is 0 Å². The molecule has 6 nitrogen and oxygen atoms in total. The van der Waals surface area contributed by atoms with Crippen molar-refractivity contribution in [3.63, 3.8) is 0 Å². The van der Waals surface area contributed by atoms with Gasteiger partial charge in [-0.25, -0.2) is 9.97 Å². The maximum Gasteiger partial charge on any atom is 0.126 e. The molecule has 0 aliphatic carbocycles. The van der Waals surface area contributed by atoms with Crippen molar-refractivity contribution in [3.05, 3.63) is 77.9 Å². The molecule has 1 aliphatic rings. The molecule has 4 rings (SSSR count). The number of hydrogen-bond acceptors (Lipinski definition) is 6. The molecule has 5 N–H and O–H groups in total. The van der Waals surface area contributed by atoms with E-state index in [1.807, 2.05) is 57.3 Å². The molecular weight excluding hydrogens is 372 g/mol. The monoisotopic (exact) mass is 408 g/mol. The highest BCUT2D eigenvalue weighted by Crippen LogP contribution is 2.06. The van der Waals surface area contributed by atoms with Gasteiger partial charge in [0.2, 0.25) is 0 Å². The van der Waals surface area contributed by atoms with Crippen LogP contribution in [0, 0.1) is 26.7 Å². The Bertz CT molecular complexity index is 757. The van der Waals surface area contributed by atoms with Gasteiger partial charge in [0.05, 0.1) is 0 Å². The zero-order chi connectivity index (χ0) is 22.2. The number of pyridine rings is 3. The first kappa shape index (κ1) is 25.0. The molecule has 0 amide bonds. The Kier molecular flexibility index (Phi) is 12.5. The van der Waals surface area contributed by atoms with Crippen molar-refractivity contribution in [1.82, 2.24) is 20.3 Å². The van der Waals surface area contributed by atoms with Crippen molar-refractivity contribution < 1.29 is 0 Å². The van der Waals surface area contributed by atoms with Gasteiger partial charge in [-0.2, -0.15) is 0 Å². The summed E-state index contributed by atoms with van der Waals surface area (Å²) in [6, 6.07) is 11.5. The summed E-state index contributed by atoms with van der Waals surface area (Å²) in [7, 11) is 0. The number of anilines is 2. The molecule has 1 atom stereocenters. The lowest BCUT2D eigenvalue weighted by Crippen LogP contribution is -2.27. The number of rotatable bonds is 0. The maximum absolute atomic E-state index is 5.41. The second-order valence-electron chi connectivity index (χ2n) is 7.45. The first-order chi connectivity index (χ1) is 14.4. The van der Waals surface area contributed by atoms with E-state index in [-0.39, 0.29) is 0 Å². The van der Waals surface area contributed by atoms with E-state index in [9.17, 15) is 0 Å². The van der Waals surface area contributed by atoms with Crippen LogP contribution in [0.3, 0.4) is 0 Å². The van der Waals surface area contributed by atoms with E-state index in [4.69, 9.17) is 11.5 Å². The molecule has 3 aromatic heterocycles. The van der Waals surface area contributed by atoms with Crippen molar-refractivity contribution in [3.8, 4) is 0 Å². The first-order valence-corrected chi connectivity index (χ1v) is 10.3. The van der Waals surface area contributed by atoms with Crippen molar-refractivity contribution in [2.45, 2.75) is 40.5 Å². The highest BCUT2D eigenvalue weighted by molar-refractivity contribution is 5.36. The van der Waals surface area contributed by atoms with Crippen LogP contribution in [-0.4, -0.2) is 28.0 Å². The van der Waals surface area contributed by atoms with Crippen molar-refractivity contribution >= 4 is 11.6 Å². The molecule has 1 fully saturated rings. The SMILES string of the molecule is CC1CCCNC1.Cc1ccc(N)nc1.Cc1cccnc1.Cc1cccnc1N. The van der Waals surface area contributed by atoms with Gasteiger partial charge in [-0.1, -0.05) is 25.1 Å². The number of aromatic nitrogens is 3. The third-order valence-corrected chi connectivity index (χ3v) is 4.34. The Morgan fingerprint density at radius 3 is 1.97 bits per heavy atom. The molecule has 162 valence electrons. The number of nitrogens with zero attached hydrogens (tertiary/aromatic N) is 3. The van der Waals surface area contributed by atoms with E-state index in [0.717, 1.165) is 17.0 Å². The number of nitrogen functional groups attached to an aromatic ring is 2. The Morgan fingerprint density at radius 2 is 1.63 bits per heavy atom. The summed E-state index contributed by atoms with van der Waals surface area (Å²) in [6.07, 6.45) is 9.83. The summed E-state index contributed by atoms with van der Waals surface area (Å²) >= 11 is 0. The summed E-state index contributed by atoms with van der Waals surface area (Å²) in [6.45, 7) is 10.7. The van der Waals surface area contributed by atoms with Crippen LogP contribution in [0.1, 0.15) is 36.5 Å². The summed E-state index contributed by atoms with van der Waals surface area (Å²) in [5.41, 5.74) is 14.1. The van der Waals surface area contributed by atoms with Gasteiger partial charge in [0.25, 0.3) is 0 Å². The van der Waals surface area contributed by atoms with Gasteiger partial charge in [0.15, 0.2) is 0 Å². The average Bonchev–Trinajstić information content (AvgIpc) is 2.75. The topological polar surface area (TPSA) is 103 Å². The molecule has 4 heterocycles. The molecule has 3 aromatic rings. The lowest BCUT2D eigenvalue weighted by Gasteiger charge is -2.17. The lowest BCUT2D eigenvalue weighted by atomic mass is 10.0. The fourth-order valence-corrected chi connectivity index (χ4v) is 2.45.